The number of rotatable bonds is 4. The number of fused-ring (bicyclic) bond motifs is 3. The van der Waals surface area contributed by atoms with E-state index in [9.17, 15) is 9.18 Å². The molecular weight excluding hydrogens is 481 g/mol. The van der Waals surface area contributed by atoms with E-state index in [0.717, 1.165) is 34.0 Å². The molecule has 0 aliphatic carbocycles. The molecule has 38 heavy (non-hydrogen) atoms. The van der Waals surface area contributed by atoms with Crippen molar-refractivity contribution >= 4 is 11.7 Å². The zero-order valence-electron chi connectivity index (χ0n) is 21.0. The second kappa shape index (κ2) is 9.55. The molecule has 0 saturated carbocycles. The van der Waals surface area contributed by atoms with Gasteiger partial charge in [-0.2, -0.15) is 5.10 Å². The van der Waals surface area contributed by atoms with Gasteiger partial charge in [0.05, 0.1) is 36.8 Å². The van der Waals surface area contributed by atoms with E-state index in [4.69, 9.17) is 9.84 Å². The van der Waals surface area contributed by atoms with Crippen molar-refractivity contribution in [1.29, 1.82) is 0 Å². The maximum atomic E-state index is 13.9. The van der Waals surface area contributed by atoms with E-state index in [2.05, 4.69) is 9.88 Å². The molecule has 0 bridgehead atoms. The molecule has 7 nitrogen and oxygen atoms in total. The van der Waals surface area contributed by atoms with Gasteiger partial charge in [-0.3, -0.25) is 0 Å². The highest BCUT2D eigenvalue weighted by Gasteiger charge is 2.36. The Hall–Kier alpha value is -4.85. The van der Waals surface area contributed by atoms with Crippen LogP contribution in [0.4, 0.5) is 14.9 Å². The lowest BCUT2D eigenvalue weighted by Crippen LogP contribution is -2.38. The first-order valence-electron chi connectivity index (χ1n) is 12.3. The van der Waals surface area contributed by atoms with Crippen molar-refractivity contribution in [3.63, 3.8) is 0 Å². The smallest absolute Gasteiger partial charge is 0.322 e. The van der Waals surface area contributed by atoms with E-state index in [1.807, 2.05) is 84.5 Å². The molecule has 1 aliphatic heterocycles. The lowest BCUT2D eigenvalue weighted by atomic mass is 10.0. The fourth-order valence-corrected chi connectivity index (χ4v) is 5.04. The lowest BCUT2D eigenvalue weighted by molar-refractivity contribution is 0.194. The minimum Gasteiger partial charge on any atom is -0.497 e. The third-order valence-electron chi connectivity index (χ3n) is 6.85. The number of hydrogen-bond acceptors (Lipinski definition) is 3. The maximum absolute atomic E-state index is 13.9. The zero-order valence-corrected chi connectivity index (χ0v) is 21.0. The Morgan fingerprint density at radius 2 is 1.79 bits per heavy atom. The minimum atomic E-state index is -0.434. The van der Waals surface area contributed by atoms with Crippen LogP contribution in [0.5, 0.6) is 5.75 Å². The van der Waals surface area contributed by atoms with Crippen LogP contribution >= 0.6 is 0 Å². The Labute approximate surface area is 219 Å². The predicted octanol–water partition coefficient (Wildman–Crippen LogP) is 6.26. The van der Waals surface area contributed by atoms with Crippen molar-refractivity contribution in [2.24, 2.45) is 0 Å². The molecular formula is C30H26FN5O2. The van der Waals surface area contributed by atoms with Gasteiger partial charge in [-0.25, -0.2) is 13.9 Å². The highest BCUT2D eigenvalue weighted by Crippen LogP contribution is 2.39. The number of amides is 2. The summed E-state index contributed by atoms with van der Waals surface area (Å²) in [4.78, 5) is 15.7. The molecule has 2 amide bonds. The SMILES string of the molecule is COc1cccc([C@H]2c3cccn3-c3c(c(C)nn3-c3ccccc3)CN2C(=O)Nc2ccc(F)cc2)c1. The quantitative estimate of drug-likeness (QED) is 0.312. The first kappa shape index (κ1) is 23.5. The average Bonchev–Trinajstić information content (AvgIpc) is 3.50. The van der Waals surface area contributed by atoms with E-state index in [0.29, 0.717) is 18.0 Å². The molecule has 3 aromatic carbocycles. The van der Waals surface area contributed by atoms with E-state index < -0.39 is 6.04 Å². The predicted molar refractivity (Wildman–Crippen MR) is 143 cm³/mol. The van der Waals surface area contributed by atoms with Crippen molar-refractivity contribution < 1.29 is 13.9 Å². The summed E-state index contributed by atoms with van der Waals surface area (Å²) in [5.74, 6) is 1.23. The summed E-state index contributed by atoms with van der Waals surface area (Å²) in [5.41, 5.74) is 5.01. The number of urea groups is 1. The van der Waals surface area contributed by atoms with E-state index in [1.54, 1.807) is 24.1 Å². The molecule has 0 unspecified atom stereocenters. The number of aromatic nitrogens is 3. The number of para-hydroxylation sites is 1. The van der Waals surface area contributed by atoms with E-state index in [1.165, 1.54) is 12.1 Å². The van der Waals surface area contributed by atoms with E-state index >= 15 is 0 Å². The highest BCUT2D eigenvalue weighted by atomic mass is 19.1. The summed E-state index contributed by atoms with van der Waals surface area (Å²) in [6, 6.07) is 26.7. The number of nitrogens with one attached hydrogen (secondary N) is 1. The fourth-order valence-electron chi connectivity index (χ4n) is 5.04. The van der Waals surface area contributed by atoms with Gasteiger partial charge in [-0.05, 0) is 73.2 Å². The number of anilines is 1. The molecule has 6 rings (SSSR count). The Kier molecular flexibility index (Phi) is 5.92. The number of ether oxygens (including phenoxy) is 1. The molecule has 0 radical (unpaired) electrons. The normalized spacial score (nSPS) is 14.4. The Balaban J connectivity index is 1.53. The molecule has 8 heteroatoms. The summed E-state index contributed by atoms with van der Waals surface area (Å²) in [5, 5.41) is 7.83. The van der Waals surface area contributed by atoms with Crippen molar-refractivity contribution in [2.75, 3.05) is 12.4 Å². The number of halogens is 1. The molecule has 0 fully saturated rings. The van der Waals surface area contributed by atoms with Crippen molar-refractivity contribution in [1.82, 2.24) is 19.2 Å². The summed E-state index contributed by atoms with van der Waals surface area (Å²) in [7, 11) is 1.63. The van der Waals surface area contributed by atoms with Gasteiger partial charge in [0.25, 0.3) is 0 Å². The van der Waals surface area contributed by atoms with Crippen LogP contribution in [-0.4, -0.2) is 32.4 Å². The first-order chi connectivity index (χ1) is 18.5. The number of carbonyl (C=O) groups is 1. The highest BCUT2D eigenvalue weighted by molar-refractivity contribution is 5.90. The largest absolute Gasteiger partial charge is 0.497 e. The Bertz CT molecular complexity index is 1610. The standard InChI is InChI=1S/C30H26FN5O2/c1-20-26-19-35(30(37)32-23-15-13-22(31)14-16-23)28(21-8-6-11-25(18-21)38-2)27-12-7-17-34(27)29(26)36(33-20)24-9-4-3-5-10-24/h3-18,28H,19H2,1-2H3,(H,32,37)/t28-/m0/s1. The molecule has 3 heterocycles. The van der Waals surface area contributed by atoms with Gasteiger partial charge in [-0.15, -0.1) is 0 Å². The van der Waals surface area contributed by atoms with Crippen molar-refractivity contribution in [3.8, 4) is 17.3 Å². The maximum Gasteiger partial charge on any atom is 0.322 e. The summed E-state index contributed by atoms with van der Waals surface area (Å²) in [6.07, 6.45) is 2.00. The number of hydrogen-bond donors (Lipinski definition) is 1. The van der Waals surface area contributed by atoms with Crippen LogP contribution in [-0.2, 0) is 6.54 Å². The Morgan fingerprint density at radius 3 is 2.55 bits per heavy atom. The molecule has 5 aromatic rings. The van der Waals surface area contributed by atoms with Gasteiger partial charge in [0.1, 0.15) is 17.4 Å². The molecule has 0 spiro atoms. The zero-order chi connectivity index (χ0) is 26.2. The van der Waals surface area contributed by atoms with Gasteiger partial charge in [0.15, 0.2) is 0 Å². The fraction of sp³-hybridized carbons (Fsp3) is 0.133. The van der Waals surface area contributed by atoms with Gasteiger partial charge in [0.2, 0.25) is 0 Å². The number of methoxy groups -OCH3 is 1. The lowest BCUT2D eigenvalue weighted by Gasteiger charge is -2.31. The third-order valence-corrected chi connectivity index (χ3v) is 6.85. The van der Waals surface area contributed by atoms with Crippen LogP contribution in [0.15, 0.2) is 97.2 Å². The Morgan fingerprint density at radius 1 is 1.00 bits per heavy atom. The summed E-state index contributed by atoms with van der Waals surface area (Å²) < 4.78 is 23.1. The van der Waals surface area contributed by atoms with Crippen LogP contribution in [0.25, 0.3) is 11.5 Å². The number of benzene rings is 3. The second-order valence-corrected chi connectivity index (χ2v) is 9.18. The molecule has 0 saturated heterocycles. The molecule has 1 atom stereocenters. The summed E-state index contributed by atoms with van der Waals surface area (Å²) >= 11 is 0. The third kappa shape index (κ3) is 4.10. The summed E-state index contributed by atoms with van der Waals surface area (Å²) in [6.45, 7) is 2.27. The topological polar surface area (TPSA) is 64.3 Å². The van der Waals surface area contributed by atoms with Crippen molar-refractivity contribution in [2.45, 2.75) is 19.5 Å². The van der Waals surface area contributed by atoms with Crippen LogP contribution in [0.1, 0.15) is 28.6 Å². The van der Waals surface area contributed by atoms with Crippen LogP contribution in [0.2, 0.25) is 0 Å². The van der Waals surface area contributed by atoms with Gasteiger partial charge >= 0.3 is 6.03 Å². The molecule has 1 aliphatic rings. The van der Waals surface area contributed by atoms with Gasteiger partial charge in [0, 0.05) is 17.4 Å². The van der Waals surface area contributed by atoms with Gasteiger partial charge in [-0.1, -0.05) is 30.3 Å². The van der Waals surface area contributed by atoms with Crippen LogP contribution < -0.4 is 10.1 Å². The van der Waals surface area contributed by atoms with Crippen LogP contribution in [0.3, 0.4) is 0 Å². The van der Waals surface area contributed by atoms with Gasteiger partial charge < -0.3 is 19.5 Å². The van der Waals surface area contributed by atoms with Crippen molar-refractivity contribution in [3.05, 3.63) is 126 Å². The first-order valence-corrected chi connectivity index (χ1v) is 12.3. The number of carbonyl (C=O) groups excluding carboxylic acids is 1. The van der Waals surface area contributed by atoms with Crippen LogP contribution in [0, 0.1) is 12.7 Å². The number of aryl methyl sites for hydroxylation is 1. The molecule has 1 N–H and O–H groups in total. The molecule has 190 valence electrons. The number of nitrogens with zero attached hydrogens (tertiary/aromatic N) is 4. The monoisotopic (exact) mass is 507 g/mol. The minimum absolute atomic E-state index is 0.308. The average molecular weight is 508 g/mol. The molecule has 2 aromatic heterocycles. The van der Waals surface area contributed by atoms with E-state index in [-0.39, 0.29) is 11.8 Å². The second-order valence-electron chi connectivity index (χ2n) is 9.18.